The van der Waals surface area contributed by atoms with Crippen molar-refractivity contribution in [3.63, 3.8) is 0 Å². The van der Waals surface area contributed by atoms with Gasteiger partial charge in [0.2, 0.25) is 41.4 Å². The van der Waals surface area contributed by atoms with Gasteiger partial charge in [0.05, 0.1) is 12.9 Å². The van der Waals surface area contributed by atoms with Crippen LogP contribution in [-0.2, 0) is 51.2 Å². The van der Waals surface area contributed by atoms with Crippen molar-refractivity contribution in [1.29, 1.82) is 5.41 Å². The number of rotatable bonds is 12. The number of aromatic amines is 1. The van der Waals surface area contributed by atoms with Gasteiger partial charge in [-0.25, -0.2) is 9.69 Å². The molecule has 1 unspecified atom stereocenters. The highest BCUT2D eigenvalue weighted by molar-refractivity contribution is 8.76. The molecule has 6 rings (SSSR count). The molecule has 386 valence electrons. The summed E-state index contributed by atoms with van der Waals surface area (Å²) in [6, 6.07) is 5.16. The smallest absolute Gasteiger partial charge is 0.325 e. The van der Waals surface area contributed by atoms with Gasteiger partial charge in [-0.05, 0) is 57.2 Å². The number of hydrogen-bond acceptors (Lipinski definition) is 14. The standard InChI is InChI=1S/C46H61N15O9S2/c1-24-37(63)56-33(18-27-20-50-23-53-27)41(67)57-31(16-25-10-5-4-6-11-25)39(65)55-30(14-9-15-51-44(48)49)38(64)58-32(17-26-19-52-29-13-8-7-12-28(26)29)40(66)59-34(36(47)62)21-71-72-22-35(42(68)54-24)61-43(69)46(2,3)60-45(61)70/h4-8,10-13,19,23-24,27,30-35,52H,9,14-18,20-22H2,1-3H3,(H2,47,62)(H,50,53)(H,54,68)(H,55,65)(H,56,63)(H,57,67)(H,58,64)(H,59,66)(H,60,70)(H4,48,49,51)/t24-,27?,30+,31-,32+,33+,34+,35+/m1/s1. The quantitative estimate of drug-likeness (QED) is 0.0311. The molecule has 2 fully saturated rings. The summed E-state index contributed by atoms with van der Waals surface area (Å²) in [7, 11) is 1.98. The van der Waals surface area contributed by atoms with Crippen LogP contribution in [0, 0.1) is 5.41 Å². The molecule has 3 aliphatic rings. The first-order valence-electron chi connectivity index (χ1n) is 23.2. The van der Waals surface area contributed by atoms with Gasteiger partial charge in [-0.15, -0.1) is 0 Å². The Morgan fingerprint density at radius 1 is 0.778 bits per heavy atom. The molecule has 26 heteroatoms. The molecular weight excluding hydrogens is 971 g/mol. The van der Waals surface area contributed by atoms with Crippen molar-refractivity contribution in [3.8, 4) is 0 Å². The molecule has 0 aliphatic carbocycles. The Morgan fingerprint density at radius 2 is 1.40 bits per heavy atom. The van der Waals surface area contributed by atoms with Gasteiger partial charge < -0.3 is 64.3 Å². The van der Waals surface area contributed by atoms with Crippen molar-refractivity contribution in [2.45, 2.75) is 107 Å². The van der Waals surface area contributed by atoms with Crippen LogP contribution in [0.25, 0.3) is 10.9 Å². The molecule has 2 aromatic carbocycles. The minimum Gasteiger partial charge on any atom is -0.372 e. The number of fused-ring (bicyclic) bond motifs is 1. The highest BCUT2D eigenvalue weighted by atomic mass is 33.1. The van der Waals surface area contributed by atoms with E-state index in [-0.39, 0.29) is 62.7 Å². The summed E-state index contributed by atoms with van der Waals surface area (Å²) in [5.74, 6) is -7.29. The molecule has 15 N–H and O–H groups in total. The Kier molecular flexibility index (Phi) is 18.5. The van der Waals surface area contributed by atoms with E-state index in [1.807, 2.05) is 18.2 Å². The van der Waals surface area contributed by atoms with Crippen molar-refractivity contribution in [1.82, 2.24) is 57.7 Å². The number of imide groups is 1. The maximum absolute atomic E-state index is 14.6. The lowest BCUT2D eigenvalue weighted by Crippen LogP contribution is -2.61. The summed E-state index contributed by atoms with van der Waals surface area (Å²) in [5.41, 5.74) is 12.0. The summed E-state index contributed by atoms with van der Waals surface area (Å²) < 4.78 is 0. The van der Waals surface area contributed by atoms with Gasteiger partial charge in [-0.1, -0.05) is 70.1 Å². The van der Waals surface area contributed by atoms with Gasteiger partial charge in [0.15, 0.2) is 5.96 Å². The fourth-order valence-corrected chi connectivity index (χ4v) is 10.5. The predicted octanol–water partition coefficient (Wildman–Crippen LogP) is -1.89. The summed E-state index contributed by atoms with van der Waals surface area (Å²) in [6.45, 7) is 4.67. The van der Waals surface area contributed by atoms with Crippen LogP contribution < -0.4 is 59.3 Å². The van der Waals surface area contributed by atoms with Gasteiger partial charge in [-0.2, -0.15) is 0 Å². The lowest BCUT2D eigenvalue weighted by molar-refractivity contribution is -0.138. The van der Waals surface area contributed by atoms with E-state index in [4.69, 9.17) is 16.9 Å². The number of hydrogen-bond donors (Lipinski definition) is 13. The maximum Gasteiger partial charge on any atom is 0.325 e. The topological polar surface area (TPSA) is 369 Å². The van der Waals surface area contributed by atoms with Gasteiger partial charge in [0.1, 0.15) is 47.8 Å². The molecule has 0 spiro atoms. The molecule has 24 nitrogen and oxygen atoms in total. The molecule has 4 heterocycles. The molecule has 0 bridgehead atoms. The van der Waals surface area contributed by atoms with Gasteiger partial charge in [0, 0.05) is 54.0 Å². The van der Waals surface area contributed by atoms with Crippen molar-refractivity contribution < 1.29 is 43.2 Å². The average Bonchev–Trinajstić information content (AvgIpc) is 4.06. The van der Waals surface area contributed by atoms with E-state index in [0.29, 0.717) is 11.1 Å². The zero-order chi connectivity index (χ0) is 52.1. The monoisotopic (exact) mass is 1030 g/mol. The molecule has 3 aromatic rings. The predicted molar refractivity (Wildman–Crippen MR) is 271 cm³/mol. The fraction of sp³-hybridized carbons (Fsp3) is 0.457. The normalized spacial score (nSPS) is 26.0. The average molecular weight is 1030 g/mol. The second-order valence-corrected chi connectivity index (χ2v) is 20.6. The van der Waals surface area contributed by atoms with Crippen LogP contribution in [0.4, 0.5) is 4.79 Å². The number of primary amides is 1. The van der Waals surface area contributed by atoms with Crippen molar-refractivity contribution in [2.24, 2.45) is 16.5 Å². The number of amides is 10. The highest BCUT2D eigenvalue weighted by Crippen LogP contribution is 2.28. The molecule has 10 amide bonds. The number of para-hydroxylation sites is 1. The summed E-state index contributed by atoms with van der Waals surface area (Å²) in [6.07, 6.45) is 3.10. The molecule has 2 saturated heterocycles. The third kappa shape index (κ3) is 14.4. The first-order chi connectivity index (χ1) is 34.3. The Hall–Kier alpha value is -7.35. The molecule has 1 aromatic heterocycles. The number of nitrogens with two attached hydrogens (primary N) is 2. The largest absolute Gasteiger partial charge is 0.372 e. The van der Waals surface area contributed by atoms with Gasteiger partial charge in [-0.3, -0.25) is 48.8 Å². The van der Waals surface area contributed by atoms with Crippen LogP contribution in [0.2, 0.25) is 0 Å². The van der Waals surface area contributed by atoms with E-state index in [1.54, 1.807) is 42.6 Å². The van der Waals surface area contributed by atoms with Crippen LogP contribution >= 0.6 is 21.6 Å². The Bertz CT molecular complexity index is 2550. The number of aromatic nitrogens is 1. The zero-order valence-electron chi connectivity index (χ0n) is 39.9. The summed E-state index contributed by atoms with van der Waals surface area (Å²) in [5, 5.41) is 32.8. The number of aliphatic imine (C=N–C) groups is 1. The number of carbonyl (C=O) groups is 9. The van der Waals surface area contributed by atoms with E-state index in [0.717, 1.165) is 37.4 Å². The van der Waals surface area contributed by atoms with Gasteiger partial charge in [0.25, 0.3) is 5.91 Å². The number of nitrogens with one attached hydrogen (secondary N) is 11. The van der Waals surface area contributed by atoms with Crippen molar-refractivity contribution in [2.75, 3.05) is 24.6 Å². The maximum atomic E-state index is 14.6. The van der Waals surface area contributed by atoms with E-state index < -0.39 is 107 Å². The van der Waals surface area contributed by atoms with Crippen LogP contribution in [0.1, 0.15) is 51.2 Å². The Balaban J connectivity index is 1.38. The van der Waals surface area contributed by atoms with E-state index in [2.05, 4.69) is 57.8 Å². The molecule has 0 saturated carbocycles. The van der Waals surface area contributed by atoms with Crippen molar-refractivity contribution >= 4 is 98.1 Å². The van der Waals surface area contributed by atoms with Crippen LogP contribution in [-0.4, -0.2) is 154 Å². The van der Waals surface area contributed by atoms with Crippen molar-refractivity contribution in [3.05, 3.63) is 71.9 Å². The first-order valence-corrected chi connectivity index (χ1v) is 25.7. The van der Waals surface area contributed by atoms with Crippen LogP contribution in [0.3, 0.4) is 0 Å². The van der Waals surface area contributed by atoms with E-state index >= 15 is 0 Å². The molecule has 8 atom stereocenters. The number of guanidine groups is 1. The first kappa shape index (κ1) is 54.0. The number of H-pyrrole nitrogens is 1. The molecule has 72 heavy (non-hydrogen) atoms. The summed E-state index contributed by atoms with van der Waals surface area (Å²) in [4.78, 5) is 134. The minimum absolute atomic E-state index is 0.0215. The number of urea groups is 1. The Labute approximate surface area is 422 Å². The lowest BCUT2D eigenvalue weighted by atomic mass is 10.0. The molecular formula is C46H61N15O9S2. The Morgan fingerprint density at radius 3 is 2.07 bits per heavy atom. The van der Waals surface area contributed by atoms with Gasteiger partial charge >= 0.3 is 6.03 Å². The number of carbonyl (C=O) groups excluding carboxylic acids is 9. The third-order valence-electron chi connectivity index (χ3n) is 12.1. The van der Waals surface area contributed by atoms with Crippen LogP contribution in [0.15, 0.2) is 65.8 Å². The minimum atomic E-state index is -1.49. The lowest BCUT2D eigenvalue weighted by Gasteiger charge is -2.28. The van der Waals surface area contributed by atoms with E-state index in [1.165, 1.54) is 27.1 Å². The summed E-state index contributed by atoms with van der Waals surface area (Å²) >= 11 is 0. The molecule has 0 radical (unpaired) electrons. The number of nitrogens with zero attached hydrogens (tertiary/aromatic N) is 2. The molecule has 3 aliphatic heterocycles. The third-order valence-corrected chi connectivity index (χ3v) is 14.5. The second-order valence-electron chi connectivity index (χ2n) is 18.1. The zero-order valence-corrected chi connectivity index (χ0v) is 41.5. The fourth-order valence-electron chi connectivity index (χ4n) is 8.15. The van der Waals surface area contributed by atoms with E-state index in [9.17, 15) is 43.2 Å². The SMILES string of the molecule is C[C@H]1NC(=O)[C@@H](N2C(=O)NC(C)(C)C2=O)CSSC[C@@H](C(N)=O)NC(=O)[C@H](Cc2c[nH]c3ccccc23)NC(=O)[C@H](CCCNC(=N)N)NC(=O)[C@@H](Cc2ccccc2)NC(=O)[C@H](CC2CN=CN2)NC1=O. The number of benzene rings is 2. The van der Waals surface area contributed by atoms with Crippen LogP contribution in [0.5, 0.6) is 0 Å². The highest BCUT2D eigenvalue weighted by Gasteiger charge is 2.49. The second kappa shape index (κ2) is 24.7.